The molecule has 1 aliphatic rings. The number of ether oxygens (including phenoxy) is 2. The maximum absolute atomic E-state index is 12.3. The number of rotatable bonds is 7. The molecule has 0 radical (unpaired) electrons. The molecule has 1 fully saturated rings. The van der Waals surface area contributed by atoms with Gasteiger partial charge >= 0.3 is 0 Å². The van der Waals surface area contributed by atoms with Crippen LogP contribution in [-0.2, 0) is 11.2 Å². The summed E-state index contributed by atoms with van der Waals surface area (Å²) in [7, 11) is 3.34. The number of methoxy groups -OCH3 is 2. The zero-order valence-corrected chi connectivity index (χ0v) is 16.6. The average molecular weight is 391 g/mol. The lowest BCUT2D eigenvalue weighted by molar-refractivity contribution is -0.115. The molecule has 2 aromatic carbocycles. The molecule has 0 unspecified atom stereocenters. The number of H-pyrrole nitrogens is 1. The topological polar surface area (TPSA) is 76.2 Å². The monoisotopic (exact) mass is 391 g/mol. The van der Waals surface area contributed by atoms with Crippen molar-refractivity contribution in [2.45, 2.75) is 31.1 Å². The number of nitrogens with zero attached hydrogens (tertiary/aromatic N) is 1. The predicted octanol–water partition coefficient (Wildman–Crippen LogP) is 4.27. The molecule has 1 aliphatic carbocycles. The first-order valence-electron chi connectivity index (χ1n) is 9.77. The molecular weight excluding hydrogens is 366 g/mol. The summed E-state index contributed by atoms with van der Waals surface area (Å²) in [6.45, 7) is 0. The smallest absolute Gasteiger partial charge is 0.229 e. The summed E-state index contributed by atoms with van der Waals surface area (Å²) < 4.78 is 10.6. The SMILES string of the molecule is COc1ccc(CC(=O)Nc2cc(C3CC(c4ccccc4OC)C3)n[nH]2)cc1. The highest BCUT2D eigenvalue weighted by Gasteiger charge is 2.34. The van der Waals surface area contributed by atoms with Crippen molar-refractivity contribution in [1.82, 2.24) is 10.2 Å². The van der Waals surface area contributed by atoms with Crippen molar-refractivity contribution >= 4 is 11.7 Å². The molecule has 150 valence electrons. The first-order chi connectivity index (χ1) is 14.2. The van der Waals surface area contributed by atoms with Gasteiger partial charge in [-0.25, -0.2) is 0 Å². The minimum absolute atomic E-state index is 0.0779. The molecule has 1 heterocycles. The number of benzene rings is 2. The molecule has 1 aromatic heterocycles. The van der Waals surface area contributed by atoms with E-state index in [9.17, 15) is 4.79 Å². The zero-order valence-electron chi connectivity index (χ0n) is 16.6. The molecule has 0 aliphatic heterocycles. The Morgan fingerprint density at radius 2 is 1.83 bits per heavy atom. The number of para-hydroxylation sites is 1. The Bertz CT molecular complexity index is 975. The number of carbonyl (C=O) groups excluding carboxylic acids is 1. The molecule has 4 rings (SSSR count). The lowest BCUT2D eigenvalue weighted by Crippen LogP contribution is -2.21. The molecule has 1 amide bonds. The Hall–Kier alpha value is -3.28. The molecule has 6 heteroatoms. The van der Waals surface area contributed by atoms with Gasteiger partial charge in [-0.05, 0) is 48.1 Å². The highest BCUT2D eigenvalue weighted by molar-refractivity contribution is 5.91. The van der Waals surface area contributed by atoms with Crippen LogP contribution in [0, 0.1) is 0 Å². The summed E-state index contributed by atoms with van der Waals surface area (Å²) in [6, 6.07) is 17.6. The van der Waals surface area contributed by atoms with Gasteiger partial charge in [0.15, 0.2) is 0 Å². The van der Waals surface area contributed by atoms with E-state index in [0.29, 0.717) is 24.1 Å². The Morgan fingerprint density at radius 3 is 2.55 bits per heavy atom. The Labute approximate surface area is 170 Å². The first kappa shape index (κ1) is 19.1. The van der Waals surface area contributed by atoms with Crippen LogP contribution in [0.25, 0.3) is 0 Å². The molecule has 29 heavy (non-hydrogen) atoms. The minimum Gasteiger partial charge on any atom is -0.497 e. The maximum Gasteiger partial charge on any atom is 0.229 e. The van der Waals surface area contributed by atoms with Gasteiger partial charge in [-0.1, -0.05) is 30.3 Å². The normalized spacial score (nSPS) is 18.0. The summed E-state index contributed by atoms with van der Waals surface area (Å²) in [6.07, 6.45) is 2.37. The second kappa shape index (κ2) is 8.39. The average Bonchev–Trinajstić information content (AvgIpc) is 3.15. The van der Waals surface area contributed by atoms with Crippen LogP contribution >= 0.6 is 0 Å². The second-order valence-electron chi connectivity index (χ2n) is 7.39. The third-order valence-electron chi connectivity index (χ3n) is 5.53. The highest BCUT2D eigenvalue weighted by atomic mass is 16.5. The van der Waals surface area contributed by atoms with Crippen LogP contribution < -0.4 is 14.8 Å². The van der Waals surface area contributed by atoms with Crippen LogP contribution in [0.4, 0.5) is 5.82 Å². The Balaban J connectivity index is 1.31. The van der Waals surface area contributed by atoms with Crippen LogP contribution in [-0.4, -0.2) is 30.3 Å². The Morgan fingerprint density at radius 1 is 1.07 bits per heavy atom. The molecule has 2 N–H and O–H groups in total. The lowest BCUT2D eigenvalue weighted by atomic mass is 9.70. The standard InChI is InChI=1S/C23H25N3O3/c1-28-18-9-7-15(8-10-18)11-23(27)24-22-14-20(25-26-22)17-12-16(13-17)19-5-3-4-6-21(19)29-2/h3-10,14,16-17H,11-13H2,1-2H3,(H2,24,25,26,27). The molecule has 1 saturated carbocycles. The van der Waals surface area contributed by atoms with E-state index in [1.807, 2.05) is 42.5 Å². The van der Waals surface area contributed by atoms with E-state index in [1.165, 1.54) is 5.56 Å². The van der Waals surface area contributed by atoms with Gasteiger partial charge in [0.1, 0.15) is 17.3 Å². The van der Waals surface area contributed by atoms with E-state index in [-0.39, 0.29) is 5.91 Å². The van der Waals surface area contributed by atoms with Crippen LogP contribution in [0.15, 0.2) is 54.6 Å². The third kappa shape index (κ3) is 4.26. The molecule has 0 spiro atoms. The summed E-state index contributed by atoms with van der Waals surface area (Å²) in [5.41, 5.74) is 3.19. The van der Waals surface area contributed by atoms with E-state index >= 15 is 0 Å². The number of carbonyl (C=O) groups is 1. The van der Waals surface area contributed by atoms with E-state index in [2.05, 4.69) is 27.6 Å². The van der Waals surface area contributed by atoms with Gasteiger partial charge in [0.2, 0.25) is 5.91 Å². The molecular formula is C23H25N3O3. The van der Waals surface area contributed by atoms with Crippen LogP contribution in [0.2, 0.25) is 0 Å². The molecule has 3 aromatic rings. The first-order valence-corrected chi connectivity index (χ1v) is 9.77. The fourth-order valence-corrected chi connectivity index (χ4v) is 3.85. The fraction of sp³-hybridized carbons (Fsp3) is 0.304. The van der Waals surface area contributed by atoms with Crippen molar-refractivity contribution in [2.24, 2.45) is 0 Å². The quantitative estimate of drug-likeness (QED) is 0.631. The maximum atomic E-state index is 12.3. The van der Waals surface area contributed by atoms with E-state index in [1.54, 1.807) is 14.2 Å². The molecule has 0 bridgehead atoms. The van der Waals surface area contributed by atoms with Gasteiger partial charge in [-0.3, -0.25) is 9.89 Å². The van der Waals surface area contributed by atoms with Gasteiger partial charge < -0.3 is 14.8 Å². The lowest BCUT2D eigenvalue weighted by Gasteiger charge is -2.35. The molecule has 0 saturated heterocycles. The zero-order chi connectivity index (χ0) is 20.2. The third-order valence-corrected chi connectivity index (χ3v) is 5.53. The van der Waals surface area contributed by atoms with Gasteiger partial charge in [0.25, 0.3) is 0 Å². The van der Waals surface area contributed by atoms with Crippen LogP contribution in [0.3, 0.4) is 0 Å². The van der Waals surface area contributed by atoms with Gasteiger partial charge in [0, 0.05) is 12.0 Å². The largest absolute Gasteiger partial charge is 0.497 e. The molecule has 0 atom stereocenters. The van der Waals surface area contributed by atoms with E-state index < -0.39 is 0 Å². The second-order valence-corrected chi connectivity index (χ2v) is 7.39. The number of nitrogens with one attached hydrogen (secondary N) is 2. The van der Waals surface area contributed by atoms with Gasteiger partial charge in [-0.15, -0.1) is 0 Å². The van der Waals surface area contributed by atoms with Crippen molar-refractivity contribution in [3.05, 3.63) is 71.4 Å². The van der Waals surface area contributed by atoms with Crippen molar-refractivity contribution in [1.29, 1.82) is 0 Å². The van der Waals surface area contributed by atoms with Gasteiger partial charge in [0.05, 0.1) is 26.3 Å². The van der Waals surface area contributed by atoms with Crippen molar-refractivity contribution in [3.63, 3.8) is 0 Å². The number of aromatic nitrogens is 2. The number of hydrogen-bond acceptors (Lipinski definition) is 4. The number of aromatic amines is 1. The predicted molar refractivity (Wildman–Crippen MR) is 112 cm³/mol. The Kier molecular flexibility index (Phi) is 5.51. The highest BCUT2D eigenvalue weighted by Crippen LogP contribution is 2.49. The van der Waals surface area contributed by atoms with Crippen molar-refractivity contribution in [2.75, 3.05) is 19.5 Å². The van der Waals surface area contributed by atoms with Gasteiger partial charge in [-0.2, -0.15) is 5.10 Å². The molecule has 6 nitrogen and oxygen atoms in total. The van der Waals surface area contributed by atoms with Crippen molar-refractivity contribution < 1.29 is 14.3 Å². The number of amides is 1. The van der Waals surface area contributed by atoms with Crippen molar-refractivity contribution in [3.8, 4) is 11.5 Å². The van der Waals surface area contributed by atoms with E-state index in [0.717, 1.165) is 35.6 Å². The summed E-state index contributed by atoms with van der Waals surface area (Å²) >= 11 is 0. The summed E-state index contributed by atoms with van der Waals surface area (Å²) in [5.74, 6) is 3.17. The van der Waals surface area contributed by atoms with Crippen LogP contribution in [0.1, 0.15) is 41.5 Å². The van der Waals surface area contributed by atoms with Crippen LogP contribution in [0.5, 0.6) is 11.5 Å². The summed E-state index contributed by atoms with van der Waals surface area (Å²) in [4.78, 5) is 12.3. The van der Waals surface area contributed by atoms with E-state index in [4.69, 9.17) is 9.47 Å². The summed E-state index contributed by atoms with van der Waals surface area (Å²) in [5, 5.41) is 10.2. The number of anilines is 1. The minimum atomic E-state index is -0.0779. The fourth-order valence-electron chi connectivity index (χ4n) is 3.85. The number of hydrogen-bond donors (Lipinski definition) is 2.